The number of rotatable bonds is 14. The molecule has 5 aromatic carbocycles. The van der Waals surface area contributed by atoms with Gasteiger partial charge in [-0.25, -0.2) is 14.4 Å². The Bertz CT molecular complexity index is 2660. The number of anilines is 1. The van der Waals surface area contributed by atoms with Crippen LogP contribution in [-0.4, -0.2) is 96.6 Å². The molecule has 0 saturated carbocycles. The van der Waals surface area contributed by atoms with Crippen molar-refractivity contribution in [1.82, 2.24) is 4.90 Å². The first-order valence-electron chi connectivity index (χ1n) is 22.4. The van der Waals surface area contributed by atoms with Gasteiger partial charge in [0.25, 0.3) is 0 Å². The second kappa shape index (κ2) is 31.1. The standard InChI is InChI=1S/C21H20O2Si.C11H9Cl2NO4.C8H13NO3.C6H6ClO3P.C6H10O2/c22-21(23)16-17-24(18-10-4-1-5-11-18,19-12-6-2-7-13-19)20-14-8-3-9-15-20;1-5-6(12)4-7(11(18)10(5)13)14-8(15)2-3-9(16)17;1-2-7(10)9-5-3-4-6(9)8(11)12;7-5-2-1-3-6(4-5)11(8,9)10;1-3-4-5(2)6(7)8/h1-15H,16-17H2,(H,22,23);2-4,18H,1H3,(H,14,15)(H,16,17);6H,2-5H2,1H3,(H,11,12);1-4H,(H2,8,9,10);4H,3H2,1-2H3,(H,7,8)/b;3-2-;;;. The number of halogens is 3. The molecular formula is C52H58Cl3N2O14PSi. The molecule has 390 valence electrons. The molecule has 1 saturated heterocycles. The Labute approximate surface area is 439 Å². The van der Waals surface area contributed by atoms with Gasteiger partial charge in [0.15, 0.2) is 5.75 Å². The highest BCUT2D eigenvalue weighted by atomic mass is 35.5. The summed E-state index contributed by atoms with van der Waals surface area (Å²) >= 11 is 17.2. The molecule has 0 aliphatic carbocycles. The number of amides is 2. The summed E-state index contributed by atoms with van der Waals surface area (Å²) in [6.45, 7) is 7.46. The second-order valence-electron chi connectivity index (χ2n) is 15.8. The maximum atomic E-state index is 11.4. The summed E-state index contributed by atoms with van der Waals surface area (Å²) in [6, 6.07) is 38.2. The molecule has 16 nitrogen and oxygen atoms in total. The van der Waals surface area contributed by atoms with Gasteiger partial charge in [0.1, 0.15) is 14.1 Å². The largest absolute Gasteiger partial charge is 0.504 e. The minimum atomic E-state index is -4.13. The number of hydrogen-bond acceptors (Lipinski definition) is 8. The lowest BCUT2D eigenvalue weighted by Gasteiger charge is -2.33. The molecule has 1 heterocycles. The van der Waals surface area contributed by atoms with E-state index in [2.05, 4.69) is 41.7 Å². The predicted octanol–water partition coefficient (Wildman–Crippen LogP) is 8.26. The average Bonchev–Trinajstić information content (AvgIpc) is 3.87. The van der Waals surface area contributed by atoms with E-state index in [0.29, 0.717) is 47.7 Å². The molecule has 1 unspecified atom stereocenters. The van der Waals surface area contributed by atoms with Gasteiger partial charge in [-0.15, -0.1) is 0 Å². The first-order valence-corrected chi connectivity index (χ1v) is 27.4. The van der Waals surface area contributed by atoms with Crippen molar-refractivity contribution >= 4 is 113 Å². The molecule has 0 bridgehead atoms. The lowest BCUT2D eigenvalue weighted by molar-refractivity contribution is -0.148. The van der Waals surface area contributed by atoms with Gasteiger partial charge in [-0.3, -0.25) is 18.9 Å². The zero-order valence-corrected chi connectivity index (χ0v) is 44.5. The zero-order valence-electron chi connectivity index (χ0n) is 40.3. The van der Waals surface area contributed by atoms with Crippen LogP contribution in [0.2, 0.25) is 21.1 Å². The van der Waals surface area contributed by atoms with E-state index >= 15 is 0 Å². The van der Waals surface area contributed by atoms with E-state index in [9.17, 15) is 43.5 Å². The van der Waals surface area contributed by atoms with E-state index in [4.69, 9.17) is 59.9 Å². The molecule has 8 N–H and O–H groups in total. The smallest absolute Gasteiger partial charge is 0.356 e. The van der Waals surface area contributed by atoms with Crippen molar-refractivity contribution in [3.05, 3.63) is 166 Å². The SMILES string of the molecule is CCC(=O)N1CCCC1C(=O)O.CCC=C(C)C(=O)O.Cc1c(Cl)cc(NC(=O)/C=C\C(=O)O)c(O)c1Cl.O=C(O)CC[Si](c1ccccc1)(c1ccccc1)c1ccccc1.O=P(O)(O)c1cccc(Cl)c1. The molecular weight excluding hydrogens is 1040 g/mol. The van der Waals surface area contributed by atoms with Crippen molar-refractivity contribution in [2.45, 2.75) is 71.9 Å². The number of phenols is 1. The summed E-state index contributed by atoms with van der Waals surface area (Å²) < 4.78 is 10.6. The van der Waals surface area contributed by atoms with Crippen LogP contribution in [0.4, 0.5) is 5.69 Å². The molecule has 21 heteroatoms. The third-order valence-corrected chi connectivity index (χ3v) is 17.7. The van der Waals surface area contributed by atoms with E-state index < -0.39 is 51.5 Å². The summed E-state index contributed by atoms with van der Waals surface area (Å²) in [4.78, 5) is 83.5. The summed E-state index contributed by atoms with van der Waals surface area (Å²) in [5, 5.41) is 51.0. The van der Waals surface area contributed by atoms with Gasteiger partial charge in [0, 0.05) is 47.2 Å². The van der Waals surface area contributed by atoms with Gasteiger partial charge >= 0.3 is 31.5 Å². The van der Waals surface area contributed by atoms with Crippen LogP contribution in [-0.2, 0) is 33.3 Å². The van der Waals surface area contributed by atoms with Crippen molar-refractivity contribution in [3.63, 3.8) is 0 Å². The molecule has 0 radical (unpaired) electrons. The van der Waals surface area contributed by atoms with Crippen LogP contribution in [0.5, 0.6) is 5.75 Å². The number of carboxylic acids is 4. The molecule has 1 fully saturated rings. The first kappa shape index (κ1) is 62.6. The monoisotopic (exact) mass is 1100 g/mol. The Hall–Kier alpha value is -6.56. The minimum absolute atomic E-state index is 0.00985. The van der Waals surface area contributed by atoms with Gasteiger partial charge in [0.05, 0.1) is 16.0 Å². The number of carboxylic acid groups (broad SMARTS) is 4. The predicted molar refractivity (Wildman–Crippen MR) is 287 cm³/mol. The van der Waals surface area contributed by atoms with Crippen LogP contribution in [0.3, 0.4) is 0 Å². The minimum Gasteiger partial charge on any atom is -0.504 e. The lowest BCUT2D eigenvalue weighted by atomic mass is 10.2. The zero-order chi connectivity index (χ0) is 54.9. The van der Waals surface area contributed by atoms with Crippen LogP contribution in [0.15, 0.2) is 145 Å². The van der Waals surface area contributed by atoms with Crippen molar-refractivity contribution in [2.75, 3.05) is 11.9 Å². The number of carbonyl (C=O) groups is 6. The average molecular weight is 1100 g/mol. The molecule has 1 atom stereocenters. The van der Waals surface area contributed by atoms with Crippen molar-refractivity contribution in [2.24, 2.45) is 0 Å². The van der Waals surface area contributed by atoms with Crippen molar-refractivity contribution < 1.29 is 68.7 Å². The fourth-order valence-electron chi connectivity index (χ4n) is 7.09. The fraction of sp³-hybridized carbons (Fsp3) is 0.231. The van der Waals surface area contributed by atoms with Crippen LogP contribution in [0.25, 0.3) is 0 Å². The van der Waals surface area contributed by atoms with Crippen molar-refractivity contribution in [3.8, 4) is 5.75 Å². The number of likely N-dealkylation sites (tertiary alicyclic amines) is 1. The Morgan fingerprint density at radius 3 is 1.67 bits per heavy atom. The molecule has 73 heavy (non-hydrogen) atoms. The number of hydrogen-bond donors (Lipinski definition) is 8. The Balaban J connectivity index is 0.000000330. The fourth-order valence-corrected chi connectivity index (χ4v) is 13.1. The third kappa shape index (κ3) is 20.5. The van der Waals surface area contributed by atoms with Gasteiger partial charge in [-0.1, -0.05) is 152 Å². The second-order valence-corrected chi connectivity index (χ2v) is 22.7. The normalized spacial score (nSPS) is 13.0. The maximum Gasteiger partial charge on any atom is 0.356 e. The lowest BCUT2D eigenvalue weighted by Crippen LogP contribution is -2.67. The summed E-state index contributed by atoms with van der Waals surface area (Å²) in [7, 11) is -6.50. The molecule has 1 aliphatic rings. The Morgan fingerprint density at radius 2 is 1.29 bits per heavy atom. The Morgan fingerprint density at radius 1 is 0.767 bits per heavy atom. The topological polar surface area (TPSA) is 276 Å². The van der Waals surface area contributed by atoms with E-state index in [-0.39, 0.29) is 39.1 Å². The summed E-state index contributed by atoms with van der Waals surface area (Å²) in [5.41, 5.74) is 0.915. The van der Waals surface area contributed by atoms with E-state index in [1.807, 2.05) is 61.5 Å². The molecule has 6 rings (SSSR count). The summed E-state index contributed by atoms with van der Waals surface area (Å²) in [5.74, 6) is -4.80. The number of allylic oxidation sites excluding steroid dienone is 1. The first-order chi connectivity index (χ1) is 34.4. The van der Waals surface area contributed by atoms with Crippen LogP contribution in [0, 0.1) is 6.92 Å². The van der Waals surface area contributed by atoms with Crippen LogP contribution in [0.1, 0.15) is 58.4 Å². The molecule has 0 aromatic heterocycles. The third-order valence-electron chi connectivity index (χ3n) is 10.7. The molecule has 2 amide bonds. The molecule has 0 spiro atoms. The number of nitrogens with one attached hydrogen (secondary N) is 1. The van der Waals surface area contributed by atoms with Gasteiger partial charge in [-0.2, -0.15) is 0 Å². The number of phenolic OH excluding ortho intramolecular Hbond substituents is 1. The number of carbonyl (C=O) groups excluding carboxylic acids is 2. The van der Waals surface area contributed by atoms with Gasteiger partial charge in [-0.05, 0) is 84.5 Å². The molecule has 5 aromatic rings. The molecule has 1 aliphatic heterocycles. The quantitative estimate of drug-likeness (QED) is 0.0171. The van der Waals surface area contributed by atoms with E-state index in [1.165, 1.54) is 44.7 Å². The van der Waals surface area contributed by atoms with Crippen LogP contribution < -0.4 is 26.2 Å². The highest BCUT2D eigenvalue weighted by molar-refractivity contribution is 7.60. The highest BCUT2D eigenvalue weighted by Crippen LogP contribution is 2.39. The van der Waals surface area contributed by atoms with E-state index in [1.54, 1.807) is 32.9 Å². The van der Waals surface area contributed by atoms with Gasteiger partial charge < -0.3 is 45.5 Å². The van der Waals surface area contributed by atoms with Crippen molar-refractivity contribution in [1.29, 1.82) is 0 Å². The van der Waals surface area contributed by atoms with E-state index in [0.717, 1.165) is 18.9 Å². The number of aliphatic carboxylic acids is 4. The number of nitrogens with zero attached hydrogens (tertiary/aromatic N) is 1. The maximum absolute atomic E-state index is 11.4. The number of aromatic hydroxyl groups is 1. The van der Waals surface area contributed by atoms with Crippen LogP contribution >= 0.6 is 42.4 Å². The van der Waals surface area contributed by atoms with Gasteiger partial charge in [0.2, 0.25) is 11.8 Å². The number of benzene rings is 5. The summed E-state index contributed by atoms with van der Waals surface area (Å²) in [6.07, 6.45) is 5.92. The Kier molecular flexibility index (Phi) is 26.7. The highest BCUT2D eigenvalue weighted by Gasteiger charge is 2.39.